The Hall–Kier alpha value is -3.09. The van der Waals surface area contributed by atoms with Crippen molar-refractivity contribution in [3.8, 4) is 0 Å². The summed E-state index contributed by atoms with van der Waals surface area (Å²) in [5.74, 6) is 0.798. The van der Waals surface area contributed by atoms with E-state index in [1.807, 2.05) is 31.2 Å². The van der Waals surface area contributed by atoms with Gasteiger partial charge in [-0.15, -0.1) is 0 Å². The molecule has 1 unspecified atom stereocenters. The molecular weight excluding hydrogens is 334 g/mol. The van der Waals surface area contributed by atoms with E-state index in [1.165, 1.54) is 0 Å². The number of piperidine rings is 1. The number of amides is 3. The van der Waals surface area contributed by atoms with E-state index < -0.39 is 11.9 Å². The zero-order valence-electron chi connectivity index (χ0n) is 14.4. The number of furan rings is 1. The van der Waals surface area contributed by atoms with E-state index in [1.54, 1.807) is 11.0 Å². The quantitative estimate of drug-likeness (QED) is 0.820. The fourth-order valence-corrected chi connectivity index (χ4v) is 3.51. The van der Waals surface area contributed by atoms with E-state index in [9.17, 15) is 14.4 Å². The number of fused-ring (bicyclic) bond motifs is 1. The molecule has 134 valence electrons. The lowest BCUT2D eigenvalue weighted by Gasteiger charge is -2.29. The molecule has 2 aliphatic heterocycles. The third kappa shape index (κ3) is 2.85. The molecule has 3 heterocycles. The molecule has 0 saturated carbocycles. The number of aryl methyl sites for hydroxylation is 1. The minimum absolute atomic E-state index is 0.174. The number of benzene rings is 1. The Bertz CT molecular complexity index is 902. The number of carbonyl (C=O) groups excluding carboxylic acids is 3. The monoisotopic (exact) mass is 353 g/mol. The first kappa shape index (κ1) is 16.4. The smallest absolute Gasteiger partial charge is 0.255 e. The normalized spacial score (nSPS) is 19.5. The summed E-state index contributed by atoms with van der Waals surface area (Å²) in [6.45, 7) is 2.75. The van der Waals surface area contributed by atoms with Gasteiger partial charge in [-0.3, -0.25) is 19.7 Å². The highest BCUT2D eigenvalue weighted by Gasteiger charge is 2.39. The molecule has 2 aliphatic rings. The Labute approximate surface area is 150 Å². The third-order valence-electron chi connectivity index (χ3n) is 4.83. The second-order valence-electron chi connectivity index (χ2n) is 6.60. The first-order chi connectivity index (χ1) is 12.5. The van der Waals surface area contributed by atoms with Crippen LogP contribution in [0.4, 0.5) is 5.69 Å². The fourth-order valence-electron chi connectivity index (χ4n) is 3.51. The Morgan fingerprint density at radius 3 is 2.81 bits per heavy atom. The summed E-state index contributed by atoms with van der Waals surface area (Å²) in [4.78, 5) is 37.8. The van der Waals surface area contributed by atoms with Gasteiger partial charge in [-0.2, -0.15) is 0 Å². The van der Waals surface area contributed by atoms with Gasteiger partial charge in [0.2, 0.25) is 11.8 Å². The zero-order chi connectivity index (χ0) is 18.3. The molecule has 4 rings (SSSR count). The van der Waals surface area contributed by atoms with Gasteiger partial charge in [0.1, 0.15) is 17.6 Å². The highest BCUT2D eigenvalue weighted by Crippen LogP contribution is 2.32. The number of hydrogen-bond acceptors (Lipinski definition) is 5. The first-order valence-corrected chi connectivity index (χ1v) is 8.58. The van der Waals surface area contributed by atoms with Gasteiger partial charge >= 0.3 is 0 Å². The molecule has 1 fully saturated rings. The number of nitrogens with zero attached hydrogens (tertiary/aromatic N) is 1. The van der Waals surface area contributed by atoms with Crippen molar-refractivity contribution in [2.45, 2.75) is 38.9 Å². The Morgan fingerprint density at radius 2 is 2.08 bits per heavy atom. The molecule has 7 heteroatoms. The predicted octanol–water partition coefficient (Wildman–Crippen LogP) is 1.96. The van der Waals surface area contributed by atoms with Crippen LogP contribution in [0.15, 0.2) is 34.7 Å². The number of anilines is 1. The van der Waals surface area contributed by atoms with Gasteiger partial charge in [-0.05, 0) is 37.6 Å². The van der Waals surface area contributed by atoms with E-state index in [0.29, 0.717) is 25.1 Å². The van der Waals surface area contributed by atoms with Gasteiger partial charge in [-0.1, -0.05) is 6.07 Å². The van der Waals surface area contributed by atoms with E-state index in [0.717, 1.165) is 22.8 Å². The van der Waals surface area contributed by atoms with Crippen LogP contribution in [-0.4, -0.2) is 28.7 Å². The summed E-state index contributed by atoms with van der Waals surface area (Å²) in [6, 6.07) is 8.71. The minimum atomic E-state index is -0.604. The lowest BCUT2D eigenvalue weighted by Crippen LogP contribution is -2.52. The Morgan fingerprint density at radius 1 is 1.23 bits per heavy atom. The van der Waals surface area contributed by atoms with E-state index in [2.05, 4.69) is 10.6 Å². The fraction of sp³-hybridized carbons (Fsp3) is 0.316. The minimum Gasteiger partial charge on any atom is -0.465 e. The molecule has 0 bridgehead atoms. The number of nitrogens with one attached hydrogen (secondary N) is 2. The molecule has 0 radical (unpaired) electrons. The Kier molecular flexibility index (Phi) is 3.99. The molecule has 0 aliphatic carbocycles. The van der Waals surface area contributed by atoms with Crippen LogP contribution in [0.1, 0.15) is 40.3 Å². The SMILES string of the molecule is Cc1ccc(CNc2cccc3c2CN(C2CCC(=O)NC2=O)C3=O)o1. The molecule has 1 aromatic heterocycles. The maximum Gasteiger partial charge on any atom is 0.255 e. The topological polar surface area (TPSA) is 91.7 Å². The van der Waals surface area contributed by atoms with Crippen LogP contribution in [0, 0.1) is 6.92 Å². The molecule has 0 spiro atoms. The molecule has 1 saturated heterocycles. The van der Waals surface area contributed by atoms with Crippen molar-refractivity contribution in [3.05, 3.63) is 53.0 Å². The maximum absolute atomic E-state index is 12.8. The highest BCUT2D eigenvalue weighted by molar-refractivity contribution is 6.06. The van der Waals surface area contributed by atoms with Crippen molar-refractivity contribution in [3.63, 3.8) is 0 Å². The van der Waals surface area contributed by atoms with Crippen molar-refractivity contribution in [1.82, 2.24) is 10.2 Å². The van der Waals surface area contributed by atoms with Crippen LogP contribution in [0.3, 0.4) is 0 Å². The lowest BCUT2D eigenvalue weighted by atomic mass is 10.0. The van der Waals surface area contributed by atoms with Crippen LogP contribution in [0.25, 0.3) is 0 Å². The van der Waals surface area contributed by atoms with Crippen molar-refractivity contribution in [1.29, 1.82) is 0 Å². The second-order valence-corrected chi connectivity index (χ2v) is 6.60. The van der Waals surface area contributed by atoms with Gasteiger partial charge in [0, 0.05) is 29.8 Å². The van der Waals surface area contributed by atoms with Crippen LogP contribution in [0.5, 0.6) is 0 Å². The van der Waals surface area contributed by atoms with Crippen LogP contribution in [0.2, 0.25) is 0 Å². The van der Waals surface area contributed by atoms with Crippen molar-refractivity contribution in [2.24, 2.45) is 0 Å². The first-order valence-electron chi connectivity index (χ1n) is 8.58. The summed E-state index contributed by atoms with van der Waals surface area (Å²) in [7, 11) is 0. The maximum atomic E-state index is 12.8. The summed E-state index contributed by atoms with van der Waals surface area (Å²) < 4.78 is 5.56. The van der Waals surface area contributed by atoms with Crippen LogP contribution < -0.4 is 10.6 Å². The average Bonchev–Trinajstić information content (AvgIpc) is 3.17. The van der Waals surface area contributed by atoms with Crippen molar-refractivity contribution >= 4 is 23.4 Å². The molecule has 1 atom stereocenters. The van der Waals surface area contributed by atoms with Crippen molar-refractivity contribution < 1.29 is 18.8 Å². The second kappa shape index (κ2) is 6.33. The number of carbonyl (C=O) groups is 3. The van der Waals surface area contributed by atoms with Crippen LogP contribution >= 0.6 is 0 Å². The van der Waals surface area contributed by atoms with E-state index >= 15 is 0 Å². The number of rotatable bonds is 4. The standard InChI is InChI=1S/C19H19N3O4/c1-11-5-6-12(26-11)9-20-15-4-2-3-13-14(15)10-22(19(13)25)16-7-8-17(23)21-18(16)24/h2-6,16,20H,7-10H2,1H3,(H,21,23,24). The van der Waals surface area contributed by atoms with Gasteiger partial charge in [0.05, 0.1) is 6.54 Å². The van der Waals surface area contributed by atoms with Crippen LogP contribution in [-0.2, 0) is 22.7 Å². The van der Waals surface area contributed by atoms with Gasteiger partial charge in [0.25, 0.3) is 5.91 Å². The molecular formula is C19H19N3O4. The van der Waals surface area contributed by atoms with E-state index in [4.69, 9.17) is 4.42 Å². The average molecular weight is 353 g/mol. The molecule has 7 nitrogen and oxygen atoms in total. The predicted molar refractivity (Wildman–Crippen MR) is 93.3 cm³/mol. The summed E-state index contributed by atoms with van der Waals surface area (Å²) >= 11 is 0. The Balaban J connectivity index is 1.54. The molecule has 1 aromatic carbocycles. The molecule has 3 amide bonds. The summed E-state index contributed by atoms with van der Waals surface area (Å²) in [5, 5.41) is 5.63. The lowest BCUT2D eigenvalue weighted by molar-refractivity contribution is -0.136. The van der Waals surface area contributed by atoms with E-state index in [-0.39, 0.29) is 18.2 Å². The van der Waals surface area contributed by atoms with Gasteiger partial charge in [0.15, 0.2) is 0 Å². The number of imide groups is 1. The molecule has 2 N–H and O–H groups in total. The summed E-state index contributed by atoms with van der Waals surface area (Å²) in [5.41, 5.74) is 2.31. The zero-order valence-corrected chi connectivity index (χ0v) is 14.4. The third-order valence-corrected chi connectivity index (χ3v) is 4.83. The largest absolute Gasteiger partial charge is 0.465 e. The summed E-state index contributed by atoms with van der Waals surface area (Å²) in [6.07, 6.45) is 0.609. The van der Waals surface area contributed by atoms with Crippen molar-refractivity contribution in [2.75, 3.05) is 5.32 Å². The molecule has 26 heavy (non-hydrogen) atoms. The highest BCUT2D eigenvalue weighted by atomic mass is 16.3. The molecule has 2 aromatic rings. The van der Waals surface area contributed by atoms with Gasteiger partial charge in [-0.25, -0.2) is 0 Å². The van der Waals surface area contributed by atoms with Gasteiger partial charge < -0.3 is 14.6 Å². The number of hydrogen-bond donors (Lipinski definition) is 2.